The van der Waals surface area contributed by atoms with Crippen LogP contribution < -0.4 is 16.6 Å². The number of anilines is 2. The van der Waals surface area contributed by atoms with Gasteiger partial charge in [0, 0.05) is 6.54 Å². The summed E-state index contributed by atoms with van der Waals surface area (Å²) in [4.78, 5) is 8.13. The van der Waals surface area contributed by atoms with Gasteiger partial charge in [-0.1, -0.05) is 39.3 Å². The van der Waals surface area contributed by atoms with Crippen LogP contribution in [-0.4, -0.2) is 16.5 Å². The number of halogens is 1. The van der Waals surface area contributed by atoms with Crippen LogP contribution in [-0.2, 0) is 0 Å². The number of nitrogens with two attached hydrogens (primary N) is 1. The zero-order valence-corrected chi connectivity index (χ0v) is 12.1. The molecule has 0 saturated heterocycles. The average Bonchev–Trinajstić information content (AvgIpc) is 2.30. The van der Waals surface area contributed by atoms with Crippen molar-refractivity contribution < 1.29 is 0 Å². The highest BCUT2D eigenvalue weighted by Gasteiger charge is 2.18. The van der Waals surface area contributed by atoms with Crippen LogP contribution in [0.3, 0.4) is 0 Å². The zero-order chi connectivity index (χ0) is 13.7. The van der Waals surface area contributed by atoms with Gasteiger partial charge in [0.25, 0.3) is 0 Å². The molecule has 1 aromatic heterocycles. The summed E-state index contributed by atoms with van der Waals surface area (Å²) in [6.45, 7) is 9.72. The quantitative estimate of drug-likeness (QED) is 0.548. The topological polar surface area (TPSA) is 75.9 Å². The summed E-state index contributed by atoms with van der Waals surface area (Å²) in [5, 5.41) is 3.77. The molecule has 0 aliphatic carbocycles. The number of nitrogens with zero attached hydrogens (tertiary/aromatic N) is 2. The SMILES string of the molecule is CC(C)C(CNc1nc(NN)ncc1Cl)C(C)C. The first-order chi connectivity index (χ1) is 8.45. The maximum absolute atomic E-state index is 6.04. The molecule has 5 nitrogen and oxygen atoms in total. The van der Waals surface area contributed by atoms with Crippen molar-refractivity contribution in [3.05, 3.63) is 11.2 Å². The molecule has 1 heterocycles. The van der Waals surface area contributed by atoms with E-state index in [1.54, 1.807) is 0 Å². The summed E-state index contributed by atoms with van der Waals surface area (Å²) in [7, 11) is 0. The smallest absolute Gasteiger partial charge is 0.239 e. The molecule has 0 atom stereocenters. The standard InChI is InChI=1S/C12H22ClN5/c1-7(2)9(8(3)4)5-15-11-10(13)6-16-12(17-11)18-14/h6-9H,5,14H2,1-4H3,(H2,15,16,17,18). The molecule has 0 aromatic carbocycles. The van der Waals surface area contributed by atoms with Crippen LogP contribution in [0.2, 0.25) is 5.02 Å². The highest BCUT2D eigenvalue weighted by atomic mass is 35.5. The third-order valence-corrected chi connectivity index (χ3v) is 3.37. The predicted octanol–water partition coefficient (Wildman–Crippen LogP) is 2.76. The molecule has 0 unspecified atom stereocenters. The Morgan fingerprint density at radius 2 is 1.89 bits per heavy atom. The van der Waals surface area contributed by atoms with Crippen molar-refractivity contribution in [2.24, 2.45) is 23.6 Å². The molecule has 1 rings (SSSR count). The molecule has 0 aliphatic heterocycles. The fourth-order valence-electron chi connectivity index (χ4n) is 2.02. The Kier molecular flexibility index (Phi) is 5.62. The minimum absolute atomic E-state index is 0.354. The van der Waals surface area contributed by atoms with Gasteiger partial charge in [-0.25, -0.2) is 10.8 Å². The first-order valence-corrected chi connectivity index (χ1v) is 6.56. The molecule has 0 saturated carbocycles. The molecule has 102 valence electrons. The number of hydrogen-bond acceptors (Lipinski definition) is 5. The first kappa shape index (κ1) is 15.0. The fourth-order valence-corrected chi connectivity index (χ4v) is 2.17. The summed E-state index contributed by atoms with van der Waals surface area (Å²) in [6.07, 6.45) is 1.53. The van der Waals surface area contributed by atoms with Crippen molar-refractivity contribution in [1.82, 2.24) is 9.97 Å². The van der Waals surface area contributed by atoms with Gasteiger partial charge in [-0.2, -0.15) is 4.98 Å². The molecule has 0 amide bonds. The molecule has 1 aromatic rings. The lowest BCUT2D eigenvalue weighted by Crippen LogP contribution is -2.25. The number of hydrazine groups is 1. The van der Waals surface area contributed by atoms with Crippen molar-refractivity contribution in [2.45, 2.75) is 27.7 Å². The zero-order valence-electron chi connectivity index (χ0n) is 11.4. The minimum atomic E-state index is 0.354. The van der Waals surface area contributed by atoms with Gasteiger partial charge in [0.15, 0.2) is 5.82 Å². The number of aromatic nitrogens is 2. The van der Waals surface area contributed by atoms with Crippen molar-refractivity contribution >= 4 is 23.4 Å². The van der Waals surface area contributed by atoms with Gasteiger partial charge >= 0.3 is 0 Å². The molecule has 0 aliphatic rings. The molecule has 18 heavy (non-hydrogen) atoms. The lowest BCUT2D eigenvalue weighted by atomic mass is 9.85. The summed E-state index contributed by atoms with van der Waals surface area (Å²) in [5.74, 6) is 8.01. The van der Waals surface area contributed by atoms with Crippen LogP contribution >= 0.6 is 11.6 Å². The Morgan fingerprint density at radius 3 is 2.39 bits per heavy atom. The lowest BCUT2D eigenvalue weighted by Gasteiger charge is -2.25. The van der Waals surface area contributed by atoms with Crippen molar-refractivity contribution in [3.63, 3.8) is 0 Å². The third-order valence-electron chi connectivity index (χ3n) is 3.09. The lowest BCUT2D eigenvalue weighted by molar-refractivity contribution is 0.304. The second kappa shape index (κ2) is 6.75. The van der Waals surface area contributed by atoms with E-state index in [9.17, 15) is 0 Å². The fraction of sp³-hybridized carbons (Fsp3) is 0.667. The molecule has 0 fully saturated rings. The molecule has 0 bridgehead atoms. The Balaban J connectivity index is 2.72. The maximum atomic E-state index is 6.04. The molecular weight excluding hydrogens is 250 g/mol. The molecule has 0 spiro atoms. The van der Waals surface area contributed by atoms with Crippen LogP contribution in [0.1, 0.15) is 27.7 Å². The van der Waals surface area contributed by atoms with Gasteiger partial charge in [0.2, 0.25) is 5.95 Å². The summed E-state index contributed by atoms with van der Waals surface area (Å²) >= 11 is 6.04. The van der Waals surface area contributed by atoms with Gasteiger partial charge in [-0.05, 0) is 17.8 Å². The van der Waals surface area contributed by atoms with Crippen molar-refractivity contribution in [1.29, 1.82) is 0 Å². The monoisotopic (exact) mass is 271 g/mol. The van der Waals surface area contributed by atoms with Gasteiger partial charge < -0.3 is 5.32 Å². The number of nitrogen functional groups attached to an aromatic ring is 1. The predicted molar refractivity (Wildman–Crippen MR) is 76.5 cm³/mol. The summed E-state index contributed by atoms with van der Waals surface area (Å²) in [6, 6.07) is 0. The minimum Gasteiger partial charge on any atom is -0.368 e. The van der Waals surface area contributed by atoms with Crippen LogP contribution in [0.15, 0.2) is 6.20 Å². The van der Waals surface area contributed by atoms with E-state index in [1.807, 2.05) is 0 Å². The molecule has 4 N–H and O–H groups in total. The van der Waals surface area contributed by atoms with Crippen molar-refractivity contribution in [2.75, 3.05) is 17.3 Å². The second-order valence-corrected chi connectivity index (χ2v) is 5.47. The number of hydrogen-bond donors (Lipinski definition) is 3. The Hall–Kier alpha value is -1.07. The molecule has 0 radical (unpaired) electrons. The van der Waals surface area contributed by atoms with E-state index in [-0.39, 0.29) is 0 Å². The Morgan fingerprint density at radius 1 is 1.28 bits per heavy atom. The van der Waals surface area contributed by atoms with Gasteiger partial charge in [0.05, 0.1) is 6.20 Å². The first-order valence-electron chi connectivity index (χ1n) is 6.18. The van der Waals surface area contributed by atoms with Crippen LogP contribution in [0, 0.1) is 17.8 Å². The Bertz CT molecular complexity index is 373. The van der Waals surface area contributed by atoms with E-state index >= 15 is 0 Å². The number of nitrogens with one attached hydrogen (secondary N) is 2. The van der Waals surface area contributed by atoms with E-state index in [4.69, 9.17) is 17.4 Å². The van der Waals surface area contributed by atoms with E-state index in [0.29, 0.717) is 34.5 Å². The normalized spacial score (nSPS) is 11.4. The number of rotatable bonds is 6. The van der Waals surface area contributed by atoms with Crippen LogP contribution in [0.4, 0.5) is 11.8 Å². The van der Waals surface area contributed by atoms with Crippen LogP contribution in [0.5, 0.6) is 0 Å². The third kappa shape index (κ3) is 3.99. The van der Waals surface area contributed by atoms with E-state index < -0.39 is 0 Å². The maximum Gasteiger partial charge on any atom is 0.239 e. The summed E-state index contributed by atoms with van der Waals surface area (Å²) in [5.41, 5.74) is 2.41. The van der Waals surface area contributed by atoms with Crippen molar-refractivity contribution in [3.8, 4) is 0 Å². The van der Waals surface area contributed by atoms with E-state index in [2.05, 4.69) is 48.4 Å². The van der Waals surface area contributed by atoms with Gasteiger partial charge in [-0.15, -0.1) is 0 Å². The summed E-state index contributed by atoms with van der Waals surface area (Å²) < 4.78 is 0. The van der Waals surface area contributed by atoms with E-state index in [0.717, 1.165) is 6.54 Å². The second-order valence-electron chi connectivity index (χ2n) is 5.07. The van der Waals surface area contributed by atoms with Gasteiger partial charge in [0.1, 0.15) is 5.02 Å². The molecular formula is C12H22ClN5. The highest BCUT2D eigenvalue weighted by molar-refractivity contribution is 6.32. The highest BCUT2D eigenvalue weighted by Crippen LogP contribution is 2.23. The molecule has 6 heteroatoms. The van der Waals surface area contributed by atoms with Crippen LogP contribution in [0.25, 0.3) is 0 Å². The largest absolute Gasteiger partial charge is 0.368 e. The Labute approximate surface area is 114 Å². The average molecular weight is 272 g/mol. The van der Waals surface area contributed by atoms with Gasteiger partial charge in [-0.3, -0.25) is 5.43 Å². The van der Waals surface area contributed by atoms with E-state index in [1.165, 1.54) is 6.20 Å².